The molecule has 0 radical (unpaired) electrons. The van der Waals surface area contributed by atoms with Crippen molar-refractivity contribution in [1.82, 2.24) is 15.1 Å². The fraction of sp³-hybridized carbons (Fsp3) is 0.200. The van der Waals surface area contributed by atoms with Crippen molar-refractivity contribution in [2.75, 3.05) is 0 Å². The van der Waals surface area contributed by atoms with Crippen LogP contribution in [-0.4, -0.2) is 15.7 Å². The minimum absolute atomic E-state index is 0.110. The number of rotatable bonds is 4. The predicted molar refractivity (Wildman–Crippen MR) is 95.3 cm³/mol. The first kappa shape index (κ1) is 16.9. The van der Waals surface area contributed by atoms with Crippen molar-refractivity contribution in [2.24, 2.45) is 0 Å². The van der Waals surface area contributed by atoms with Gasteiger partial charge in [0.05, 0.1) is 28.7 Å². The lowest BCUT2D eigenvalue weighted by atomic mass is 10.1. The molecule has 4 nitrogen and oxygen atoms in total. The Hall–Kier alpha value is -2.95. The molecule has 1 atom stereocenters. The fourth-order valence-electron chi connectivity index (χ4n) is 2.90. The summed E-state index contributed by atoms with van der Waals surface area (Å²) in [6.07, 6.45) is 0. The van der Waals surface area contributed by atoms with E-state index in [0.717, 1.165) is 16.9 Å². The Bertz CT molecular complexity index is 885. The minimum Gasteiger partial charge on any atom is -0.345 e. The molecule has 3 rings (SSSR count). The maximum absolute atomic E-state index is 13.1. The van der Waals surface area contributed by atoms with E-state index >= 15 is 0 Å². The van der Waals surface area contributed by atoms with Gasteiger partial charge >= 0.3 is 0 Å². The molecule has 2 aromatic carbocycles. The Morgan fingerprint density at radius 1 is 1.08 bits per heavy atom. The molecule has 0 bridgehead atoms. The van der Waals surface area contributed by atoms with Crippen LogP contribution in [0.15, 0.2) is 54.6 Å². The van der Waals surface area contributed by atoms with Crippen molar-refractivity contribution in [2.45, 2.75) is 26.8 Å². The molecular weight excluding hydrogens is 317 g/mol. The first-order valence-corrected chi connectivity index (χ1v) is 8.15. The van der Waals surface area contributed by atoms with Crippen LogP contribution < -0.4 is 5.32 Å². The van der Waals surface area contributed by atoms with Crippen LogP contribution in [0, 0.1) is 19.7 Å². The molecule has 0 fully saturated rings. The first-order valence-electron chi connectivity index (χ1n) is 8.15. The molecule has 0 saturated heterocycles. The van der Waals surface area contributed by atoms with E-state index in [1.54, 1.807) is 23.7 Å². The highest BCUT2D eigenvalue weighted by Gasteiger charge is 2.21. The Kier molecular flexibility index (Phi) is 4.65. The summed E-state index contributed by atoms with van der Waals surface area (Å²) in [7, 11) is 0. The van der Waals surface area contributed by atoms with Crippen LogP contribution in [0.4, 0.5) is 4.39 Å². The number of halogens is 1. The first-order chi connectivity index (χ1) is 12.0. The van der Waals surface area contributed by atoms with Crippen LogP contribution in [0.3, 0.4) is 0 Å². The van der Waals surface area contributed by atoms with Gasteiger partial charge in [0.25, 0.3) is 5.91 Å². The molecule has 1 aromatic heterocycles. The molecule has 1 N–H and O–H groups in total. The van der Waals surface area contributed by atoms with E-state index in [1.165, 1.54) is 12.1 Å². The fourth-order valence-corrected chi connectivity index (χ4v) is 2.90. The monoisotopic (exact) mass is 337 g/mol. The number of carbonyl (C=O) groups is 1. The van der Waals surface area contributed by atoms with Crippen molar-refractivity contribution in [1.29, 1.82) is 0 Å². The molecule has 5 heteroatoms. The topological polar surface area (TPSA) is 46.9 Å². The van der Waals surface area contributed by atoms with Gasteiger partial charge in [-0.25, -0.2) is 9.07 Å². The summed E-state index contributed by atoms with van der Waals surface area (Å²) in [6, 6.07) is 15.7. The second-order valence-electron chi connectivity index (χ2n) is 6.04. The van der Waals surface area contributed by atoms with Crippen molar-refractivity contribution in [3.05, 3.63) is 82.9 Å². The summed E-state index contributed by atoms with van der Waals surface area (Å²) in [5, 5.41) is 7.46. The smallest absolute Gasteiger partial charge is 0.255 e. The molecule has 1 heterocycles. The summed E-state index contributed by atoms with van der Waals surface area (Å²) in [4.78, 5) is 12.7. The lowest BCUT2D eigenvalue weighted by Crippen LogP contribution is -2.27. The van der Waals surface area contributed by atoms with Crippen LogP contribution in [-0.2, 0) is 0 Å². The molecule has 0 aliphatic carbocycles. The van der Waals surface area contributed by atoms with Crippen molar-refractivity contribution in [3.63, 3.8) is 0 Å². The summed E-state index contributed by atoms with van der Waals surface area (Å²) in [5.41, 5.74) is 3.67. The molecule has 0 unspecified atom stereocenters. The number of aryl methyl sites for hydroxylation is 1. The number of carbonyl (C=O) groups excluding carboxylic acids is 1. The number of nitrogens with zero attached hydrogens (tertiary/aromatic N) is 2. The zero-order valence-corrected chi connectivity index (χ0v) is 14.5. The van der Waals surface area contributed by atoms with Gasteiger partial charge in [0.2, 0.25) is 0 Å². The second kappa shape index (κ2) is 6.89. The predicted octanol–water partition coefficient (Wildman–Crippen LogP) is 4.12. The number of nitrogens with one attached hydrogen (secondary N) is 1. The zero-order valence-electron chi connectivity index (χ0n) is 14.5. The number of hydrogen-bond donors (Lipinski definition) is 1. The number of aromatic nitrogens is 2. The summed E-state index contributed by atoms with van der Waals surface area (Å²) in [5.74, 6) is -0.473. The highest BCUT2D eigenvalue weighted by molar-refractivity contribution is 5.96. The van der Waals surface area contributed by atoms with Crippen LogP contribution in [0.2, 0.25) is 0 Å². The third-order valence-electron chi connectivity index (χ3n) is 4.24. The molecular formula is C20H20FN3O. The number of hydrogen-bond acceptors (Lipinski definition) is 2. The van der Waals surface area contributed by atoms with Crippen molar-refractivity contribution < 1.29 is 9.18 Å². The average Bonchev–Trinajstić information content (AvgIpc) is 2.91. The van der Waals surface area contributed by atoms with Crippen LogP contribution in [0.5, 0.6) is 0 Å². The largest absolute Gasteiger partial charge is 0.345 e. The molecule has 25 heavy (non-hydrogen) atoms. The second-order valence-corrected chi connectivity index (χ2v) is 6.04. The summed E-state index contributed by atoms with van der Waals surface area (Å²) < 4.78 is 14.8. The Morgan fingerprint density at radius 2 is 1.72 bits per heavy atom. The van der Waals surface area contributed by atoms with Crippen molar-refractivity contribution >= 4 is 5.91 Å². The van der Waals surface area contributed by atoms with Gasteiger partial charge in [0, 0.05) is 0 Å². The molecule has 3 aromatic rings. The van der Waals surface area contributed by atoms with Gasteiger partial charge in [0.15, 0.2) is 0 Å². The quantitative estimate of drug-likeness (QED) is 0.778. The Morgan fingerprint density at radius 3 is 2.36 bits per heavy atom. The molecule has 0 aliphatic rings. The van der Waals surface area contributed by atoms with E-state index in [4.69, 9.17) is 0 Å². The van der Waals surface area contributed by atoms with E-state index in [2.05, 4.69) is 10.4 Å². The minimum atomic E-state index is -0.306. The van der Waals surface area contributed by atoms with Crippen LogP contribution in [0.1, 0.15) is 40.3 Å². The van der Waals surface area contributed by atoms with Gasteiger partial charge in [-0.3, -0.25) is 4.79 Å². The van der Waals surface area contributed by atoms with Gasteiger partial charge < -0.3 is 5.32 Å². The van der Waals surface area contributed by atoms with Crippen molar-refractivity contribution in [3.8, 4) is 5.69 Å². The Labute approximate surface area is 146 Å². The standard InChI is InChI=1S/C20H20FN3O/c1-13(16-7-5-4-6-8-16)22-20(25)19-14(2)23-24(15(19)3)18-11-9-17(21)10-12-18/h4-13H,1-3H3,(H,22,25)/t13-/m0/s1. The third-order valence-corrected chi connectivity index (χ3v) is 4.24. The van der Waals surface area contributed by atoms with E-state index in [9.17, 15) is 9.18 Å². The van der Waals surface area contributed by atoms with E-state index < -0.39 is 0 Å². The lowest BCUT2D eigenvalue weighted by Gasteiger charge is -2.14. The molecule has 0 spiro atoms. The highest BCUT2D eigenvalue weighted by atomic mass is 19.1. The summed E-state index contributed by atoms with van der Waals surface area (Å²) in [6.45, 7) is 5.59. The SMILES string of the molecule is Cc1nn(-c2ccc(F)cc2)c(C)c1C(=O)N[C@@H](C)c1ccccc1. The average molecular weight is 337 g/mol. The maximum Gasteiger partial charge on any atom is 0.255 e. The number of benzene rings is 2. The van der Waals surface area contributed by atoms with Gasteiger partial charge in [-0.15, -0.1) is 0 Å². The lowest BCUT2D eigenvalue weighted by molar-refractivity contribution is 0.0938. The van der Waals surface area contributed by atoms with E-state index in [-0.39, 0.29) is 17.8 Å². The molecule has 0 aliphatic heterocycles. The highest BCUT2D eigenvalue weighted by Crippen LogP contribution is 2.20. The number of amides is 1. The van der Waals surface area contributed by atoms with Gasteiger partial charge in [-0.05, 0) is 50.6 Å². The zero-order chi connectivity index (χ0) is 18.0. The van der Waals surface area contributed by atoms with Gasteiger partial charge in [-0.1, -0.05) is 30.3 Å². The van der Waals surface area contributed by atoms with E-state index in [1.807, 2.05) is 44.2 Å². The van der Waals surface area contributed by atoms with Gasteiger partial charge in [-0.2, -0.15) is 5.10 Å². The Balaban J connectivity index is 1.87. The van der Waals surface area contributed by atoms with Crippen LogP contribution in [0.25, 0.3) is 5.69 Å². The maximum atomic E-state index is 13.1. The van der Waals surface area contributed by atoms with E-state index in [0.29, 0.717) is 11.3 Å². The third kappa shape index (κ3) is 3.45. The molecule has 128 valence electrons. The normalized spacial score (nSPS) is 12.0. The molecule has 1 amide bonds. The summed E-state index contributed by atoms with van der Waals surface area (Å²) >= 11 is 0. The van der Waals surface area contributed by atoms with Crippen LogP contribution >= 0.6 is 0 Å². The molecule has 0 saturated carbocycles. The van der Waals surface area contributed by atoms with Gasteiger partial charge in [0.1, 0.15) is 5.82 Å².